The van der Waals surface area contributed by atoms with Crippen molar-refractivity contribution in [1.82, 2.24) is 24.5 Å². The maximum atomic E-state index is 11.1. The van der Waals surface area contributed by atoms with E-state index in [1.54, 1.807) is 11.6 Å². The molecule has 160 valence electrons. The first kappa shape index (κ1) is 20.0. The van der Waals surface area contributed by atoms with E-state index >= 15 is 0 Å². The number of rotatable bonds is 5. The SMILES string of the molecule is COc1ccc(C(c2sc3nc(C)nn3c2O)N2CCCCC2c2cccnc2)cc1. The van der Waals surface area contributed by atoms with Gasteiger partial charge in [-0.25, -0.2) is 4.98 Å². The van der Waals surface area contributed by atoms with Crippen LogP contribution in [0.5, 0.6) is 11.6 Å². The molecule has 2 atom stereocenters. The molecule has 1 aromatic carbocycles. The van der Waals surface area contributed by atoms with E-state index < -0.39 is 0 Å². The van der Waals surface area contributed by atoms with Crippen LogP contribution in [0.3, 0.4) is 0 Å². The molecule has 1 aliphatic rings. The van der Waals surface area contributed by atoms with Crippen molar-refractivity contribution < 1.29 is 9.84 Å². The van der Waals surface area contributed by atoms with Crippen LogP contribution in [0.25, 0.3) is 4.96 Å². The number of fused-ring (bicyclic) bond motifs is 1. The van der Waals surface area contributed by atoms with Crippen LogP contribution in [-0.4, -0.2) is 43.2 Å². The van der Waals surface area contributed by atoms with E-state index in [1.165, 1.54) is 23.3 Å². The van der Waals surface area contributed by atoms with E-state index in [-0.39, 0.29) is 18.0 Å². The Balaban J connectivity index is 1.64. The quantitative estimate of drug-likeness (QED) is 0.497. The Morgan fingerprint density at radius 2 is 2.03 bits per heavy atom. The first-order chi connectivity index (χ1) is 15.2. The number of hydrogen-bond acceptors (Lipinski definition) is 7. The Labute approximate surface area is 185 Å². The van der Waals surface area contributed by atoms with Gasteiger partial charge in [-0.05, 0) is 55.6 Å². The molecular formula is C23H25N5O2S. The molecule has 0 radical (unpaired) electrons. The summed E-state index contributed by atoms with van der Waals surface area (Å²) in [6, 6.07) is 12.4. The number of hydrogen-bond donors (Lipinski definition) is 1. The predicted molar refractivity (Wildman–Crippen MR) is 120 cm³/mol. The number of pyridine rings is 1. The lowest BCUT2D eigenvalue weighted by Crippen LogP contribution is -2.37. The van der Waals surface area contributed by atoms with Gasteiger partial charge in [0.15, 0.2) is 0 Å². The molecule has 0 saturated carbocycles. The van der Waals surface area contributed by atoms with Crippen LogP contribution in [0.1, 0.15) is 53.2 Å². The monoisotopic (exact) mass is 435 g/mol. The van der Waals surface area contributed by atoms with E-state index in [0.29, 0.717) is 10.8 Å². The van der Waals surface area contributed by atoms with Crippen LogP contribution < -0.4 is 4.74 Å². The predicted octanol–water partition coefficient (Wildman–Crippen LogP) is 4.53. The lowest BCUT2D eigenvalue weighted by molar-refractivity contribution is 0.113. The molecule has 0 spiro atoms. The lowest BCUT2D eigenvalue weighted by Gasteiger charge is -2.41. The molecule has 5 rings (SSSR count). The van der Waals surface area contributed by atoms with Gasteiger partial charge < -0.3 is 9.84 Å². The van der Waals surface area contributed by atoms with Gasteiger partial charge in [0.25, 0.3) is 0 Å². The molecule has 3 aromatic heterocycles. The minimum Gasteiger partial charge on any atom is -0.497 e. The summed E-state index contributed by atoms with van der Waals surface area (Å²) in [4.78, 5) is 12.9. The Kier molecular flexibility index (Phi) is 5.33. The third-order valence-electron chi connectivity index (χ3n) is 5.93. The summed E-state index contributed by atoms with van der Waals surface area (Å²) in [6.45, 7) is 2.77. The van der Waals surface area contributed by atoms with E-state index in [1.807, 2.05) is 37.5 Å². The Morgan fingerprint density at radius 3 is 2.74 bits per heavy atom. The van der Waals surface area contributed by atoms with Gasteiger partial charge in [0.2, 0.25) is 10.8 Å². The van der Waals surface area contributed by atoms with Crippen LogP contribution in [0.2, 0.25) is 0 Å². The van der Waals surface area contributed by atoms with Gasteiger partial charge in [0.1, 0.15) is 11.6 Å². The molecule has 7 nitrogen and oxygen atoms in total. The zero-order chi connectivity index (χ0) is 21.4. The fraction of sp³-hybridized carbons (Fsp3) is 0.348. The standard InChI is InChI=1S/C23H25N5O2S/c1-15-25-23-28(26-15)22(29)21(31-23)20(16-8-10-18(30-2)11-9-16)27-13-4-3-7-19(27)17-6-5-12-24-14-17/h5-6,8-12,14,19-20,29H,3-4,7,13H2,1-2H3. The number of ether oxygens (including phenoxy) is 1. The number of benzene rings is 1. The van der Waals surface area contributed by atoms with Crippen molar-refractivity contribution in [2.75, 3.05) is 13.7 Å². The highest BCUT2D eigenvalue weighted by Crippen LogP contribution is 2.45. The smallest absolute Gasteiger partial charge is 0.230 e. The zero-order valence-electron chi connectivity index (χ0n) is 17.6. The van der Waals surface area contributed by atoms with E-state index in [2.05, 4.69) is 38.2 Å². The Bertz CT molecular complexity index is 1170. The molecule has 0 amide bonds. The van der Waals surface area contributed by atoms with Crippen molar-refractivity contribution in [3.63, 3.8) is 0 Å². The van der Waals surface area contributed by atoms with Crippen molar-refractivity contribution >= 4 is 16.3 Å². The van der Waals surface area contributed by atoms with Crippen molar-refractivity contribution in [2.24, 2.45) is 0 Å². The molecule has 8 heteroatoms. The molecule has 0 bridgehead atoms. The van der Waals surface area contributed by atoms with E-state index in [9.17, 15) is 5.11 Å². The molecule has 31 heavy (non-hydrogen) atoms. The van der Waals surface area contributed by atoms with Crippen molar-refractivity contribution in [3.8, 4) is 11.6 Å². The van der Waals surface area contributed by atoms with Crippen LogP contribution in [0, 0.1) is 6.92 Å². The second-order valence-electron chi connectivity index (χ2n) is 7.85. The van der Waals surface area contributed by atoms with Crippen LogP contribution in [0.15, 0.2) is 48.8 Å². The summed E-state index contributed by atoms with van der Waals surface area (Å²) in [5.41, 5.74) is 2.31. The molecule has 1 fully saturated rings. The average molecular weight is 436 g/mol. The maximum absolute atomic E-state index is 11.1. The normalized spacial score (nSPS) is 18.3. The van der Waals surface area contributed by atoms with Crippen LogP contribution in [-0.2, 0) is 0 Å². The first-order valence-corrected chi connectivity index (χ1v) is 11.3. The van der Waals surface area contributed by atoms with Crippen molar-refractivity contribution in [1.29, 1.82) is 0 Å². The second-order valence-corrected chi connectivity index (χ2v) is 8.86. The highest BCUT2D eigenvalue weighted by Gasteiger charge is 2.35. The average Bonchev–Trinajstić information content (AvgIpc) is 3.32. The van der Waals surface area contributed by atoms with Gasteiger partial charge in [-0.2, -0.15) is 4.52 Å². The fourth-order valence-corrected chi connectivity index (χ4v) is 5.65. The second kappa shape index (κ2) is 8.28. The first-order valence-electron chi connectivity index (χ1n) is 10.5. The number of methoxy groups -OCH3 is 1. The molecular weight excluding hydrogens is 410 g/mol. The maximum Gasteiger partial charge on any atom is 0.230 e. The van der Waals surface area contributed by atoms with Gasteiger partial charge in [0, 0.05) is 18.4 Å². The van der Waals surface area contributed by atoms with Gasteiger partial charge in [-0.3, -0.25) is 9.88 Å². The van der Waals surface area contributed by atoms with Crippen LogP contribution in [0.4, 0.5) is 0 Å². The summed E-state index contributed by atoms with van der Waals surface area (Å²) in [5.74, 6) is 1.63. The summed E-state index contributed by atoms with van der Waals surface area (Å²) >= 11 is 1.50. The fourth-order valence-electron chi connectivity index (χ4n) is 4.50. The Hall–Kier alpha value is -2.97. The summed E-state index contributed by atoms with van der Waals surface area (Å²) in [6.07, 6.45) is 7.11. The number of aromatic nitrogens is 4. The number of nitrogens with zero attached hydrogens (tertiary/aromatic N) is 5. The summed E-state index contributed by atoms with van der Waals surface area (Å²) < 4.78 is 6.92. The molecule has 4 aromatic rings. The molecule has 1 N–H and O–H groups in total. The van der Waals surface area contributed by atoms with Gasteiger partial charge in [0.05, 0.1) is 18.0 Å². The lowest BCUT2D eigenvalue weighted by atomic mass is 9.92. The van der Waals surface area contributed by atoms with Crippen LogP contribution >= 0.6 is 11.3 Å². The molecule has 1 aliphatic heterocycles. The minimum absolute atomic E-state index is 0.120. The largest absolute Gasteiger partial charge is 0.497 e. The van der Waals surface area contributed by atoms with Crippen molar-refractivity contribution in [2.45, 2.75) is 38.3 Å². The highest BCUT2D eigenvalue weighted by atomic mass is 32.1. The number of thiazole rings is 1. The highest BCUT2D eigenvalue weighted by molar-refractivity contribution is 7.17. The summed E-state index contributed by atoms with van der Waals surface area (Å²) in [5, 5.41) is 15.5. The Morgan fingerprint density at radius 1 is 1.19 bits per heavy atom. The molecule has 1 saturated heterocycles. The molecule has 0 aliphatic carbocycles. The third-order valence-corrected chi connectivity index (χ3v) is 7.00. The number of aromatic hydroxyl groups is 1. The van der Waals surface area contributed by atoms with Gasteiger partial charge in [-0.15, -0.1) is 5.10 Å². The van der Waals surface area contributed by atoms with Crippen molar-refractivity contribution in [3.05, 3.63) is 70.6 Å². The zero-order valence-corrected chi connectivity index (χ0v) is 18.4. The van der Waals surface area contributed by atoms with E-state index in [4.69, 9.17) is 4.74 Å². The van der Waals surface area contributed by atoms with Gasteiger partial charge in [-0.1, -0.05) is 36.0 Å². The topological polar surface area (TPSA) is 75.8 Å². The number of piperidine rings is 1. The minimum atomic E-state index is -0.120. The summed E-state index contributed by atoms with van der Waals surface area (Å²) in [7, 11) is 1.67. The number of likely N-dealkylation sites (tertiary alicyclic amines) is 1. The number of aryl methyl sites for hydroxylation is 1. The molecule has 4 heterocycles. The van der Waals surface area contributed by atoms with Gasteiger partial charge >= 0.3 is 0 Å². The third kappa shape index (κ3) is 3.66. The van der Waals surface area contributed by atoms with E-state index in [0.717, 1.165) is 35.6 Å². The molecule has 2 unspecified atom stereocenters.